The van der Waals surface area contributed by atoms with Crippen LogP contribution < -0.4 is 10.6 Å². The third-order valence-electron chi connectivity index (χ3n) is 5.19. The van der Waals surface area contributed by atoms with E-state index < -0.39 is 5.60 Å². The van der Waals surface area contributed by atoms with Gasteiger partial charge < -0.3 is 15.7 Å². The molecule has 0 aliphatic heterocycles. The molecule has 1 aliphatic carbocycles. The van der Waals surface area contributed by atoms with E-state index in [-0.39, 0.29) is 18.0 Å². The number of nitrogens with one attached hydrogen (secondary N) is 2. The number of hydrogen-bond acceptors (Lipinski definition) is 6. The maximum Gasteiger partial charge on any atom is 0.255 e. The summed E-state index contributed by atoms with van der Waals surface area (Å²) in [4.78, 5) is 17.3. The molecule has 0 aromatic carbocycles. The van der Waals surface area contributed by atoms with Crippen LogP contribution in [0, 0.1) is 11.3 Å². The van der Waals surface area contributed by atoms with Gasteiger partial charge in [-0.2, -0.15) is 10.4 Å². The summed E-state index contributed by atoms with van der Waals surface area (Å²) in [5, 5.41) is 29.6. The second-order valence-electron chi connectivity index (χ2n) is 8.40. The van der Waals surface area contributed by atoms with Gasteiger partial charge in [0.05, 0.1) is 45.5 Å². The Kier molecular flexibility index (Phi) is 4.92. The van der Waals surface area contributed by atoms with Crippen molar-refractivity contribution in [3.63, 3.8) is 0 Å². The molecule has 1 saturated carbocycles. The minimum absolute atomic E-state index is 0.0350. The van der Waals surface area contributed by atoms with Crippen molar-refractivity contribution in [3.05, 3.63) is 47.8 Å². The molecule has 1 fully saturated rings. The first-order valence-corrected chi connectivity index (χ1v) is 9.94. The zero-order valence-electron chi connectivity index (χ0n) is 17.2. The Morgan fingerprint density at radius 1 is 1.33 bits per heavy atom. The van der Waals surface area contributed by atoms with Crippen LogP contribution in [0.4, 0.5) is 5.69 Å². The fraction of sp³-hybridized carbons (Fsp3) is 0.364. The van der Waals surface area contributed by atoms with Crippen LogP contribution in [0.5, 0.6) is 0 Å². The van der Waals surface area contributed by atoms with Crippen molar-refractivity contribution >= 4 is 17.1 Å². The number of amides is 1. The fourth-order valence-electron chi connectivity index (χ4n) is 3.83. The predicted molar refractivity (Wildman–Crippen MR) is 113 cm³/mol. The highest BCUT2D eigenvalue weighted by Crippen LogP contribution is 2.32. The lowest BCUT2D eigenvalue weighted by Gasteiger charge is -2.41. The number of aliphatic hydroxyl groups is 1. The summed E-state index contributed by atoms with van der Waals surface area (Å²) in [7, 11) is 0. The number of aromatic nitrogens is 3. The molecule has 1 aliphatic rings. The van der Waals surface area contributed by atoms with E-state index in [1.54, 1.807) is 23.7 Å². The number of rotatable bonds is 5. The SMILES string of the molecule is CC(C)Nc1cc(-c2ccc3cc(C#N)cnn23)ncc1C(=O)N[C@H]1C[C@@](C)(O)C1. The lowest BCUT2D eigenvalue weighted by atomic mass is 9.77. The van der Waals surface area contributed by atoms with E-state index >= 15 is 0 Å². The molecule has 3 aromatic heterocycles. The molecule has 30 heavy (non-hydrogen) atoms. The van der Waals surface area contributed by atoms with Gasteiger partial charge in [0.15, 0.2) is 0 Å². The summed E-state index contributed by atoms with van der Waals surface area (Å²) in [6, 6.07) is 9.55. The molecular weight excluding hydrogens is 380 g/mol. The molecule has 4 rings (SSSR count). The summed E-state index contributed by atoms with van der Waals surface area (Å²) in [5.41, 5.74) is 3.16. The molecule has 0 radical (unpaired) electrons. The summed E-state index contributed by atoms with van der Waals surface area (Å²) >= 11 is 0. The van der Waals surface area contributed by atoms with Gasteiger partial charge in [-0.25, -0.2) is 4.52 Å². The van der Waals surface area contributed by atoms with Crippen LogP contribution in [-0.4, -0.2) is 43.3 Å². The van der Waals surface area contributed by atoms with Crippen molar-refractivity contribution in [2.45, 2.75) is 51.3 Å². The smallest absolute Gasteiger partial charge is 0.255 e. The average molecular weight is 404 g/mol. The molecule has 0 unspecified atom stereocenters. The molecule has 3 N–H and O–H groups in total. The molecule has 8 nitrogen and oxygen atoms in total. The monoisotopic (exact) mass is 404 g/mol. The van der Waals surface area contributed by atoms with Crippen molar-refractivity contribution in [2.75, 3.05) is 5.32 Å². The number of fused-ring (bicyclic) bond motifs is 1. The van der Waals surface area contributed by atoms with Gasteiger partial charge in [-0.15, -0.1) is 0 Å². The maximum atomic E-state index is 12.8. The Hall–Kier alpha value is -3.44. The van der Waals surface area contributed by atoms with Crippen molar-refractivity contribution in [3.8, 4) is 17.5 Å². The van der Waals surface area contributed by atoms with Gasteiger partial charge in [-0.3, -0.25) is 9.78 Å². The number of hydrogen-bond donors (Lipinski definition) is 3. The quantitative estimate of drug-likeness (QED) is 0.602. The van der Waals surface area contributed by atoms with E-state index in [0.29, 0.717) is 35.3 Å². The van der Waals surface area contributed by atoms with Crippen LogP contribution in [0.3, 0.4) is 0 Å². The molecule has 0 spiro atoms. The lowest BCUT2D eigenvalue weighted by molar-refractivity contribution is -0.0366. The van der Waals surface area contributed by atoms with Crippen LogP contribution in [0.15, 0.2) is 36.7 Å². The van der Waals surface area contributed by atoms with E-state index in [1.165, 1.54) is 6.20 Å². The van der Waals surface area contributed by atoms with Gasteiger partial charge in [0.25, 0.3) is 5.91 Å². The first-order chi connectivity index (χ1) is 14.3. The third kappa shape index (κ3) is 3.84. The van der Waals surface area contributed by atoms with Gasteiger partial charge in [0.2, 0.25) is 0 Å². The number of nitrogens with zero attached hydrogens (tertiary/aromatic N) is 4. The highest BCUT2D eigenvalue weighted by molar-refractivity contribution is 6.00. The minimum atomic E-state index is -0.701. The fourth-order valence-corrected chi connectivity index (χ4v) is 3.83. The van der Waals surface area contributed by atoms with Crippen molar-refractivity contribution in [1.82, 2.24) is 19.9 Å². The van der Waals surface area contributed by atoms with Crippen LogP contribution >= 0.6 is 0 Å². The topological polar surface area (TPSA) is 115 Å². The molecule has 0 atom stereocenters. The third-order valence-corrected chi connectivity index (χ3v) is 5.19. The number of pyridine rings is 1. The highest BCUT2D eigenvalue weighted by atomic mass is 16.3. The largest absolute Gasteiger partial charge is 0.390 e. The zero-order chi connectivity index (χ0) is 21.5. The Bertz CT molecular complexity index is 1150. The van der Waals surface area contributed by atoms with E-state index in [9.17, 15) is 9.90 Å². The van der Waals surface area contributed by atoms with Gasteiger partial charge in [0, 0.05) is 18.3 Å². The zero-order valence-corrected chi connectivity index (χ0v) is 17.2. The van der Waals surface area contributed by atoms with Crippen LogP contribution in [0.25, 0.3) is 16.9 Å². The summed E-state index contributed by atoms with van der Waals surface area (Å²) in [6.07, 6.45) is 4.17. The maximum absolute atomic E-state index is 12.8. The molecule has 0 bridgehead atoms. The van der Waals surface area contributed by atoms with E-state index in [1.807, 2.05) is 32.0 Å². The summed E-state index contributed by atoms with van der Waals surface area (Å²) in [6.45, 7) is 5.78. The number of anilines is 1. The number of nitriles is 1. The van der Waals surface area contributed by atoms with Crippen molar-refractivity contribution in [1.29, 1.82) is 5.26 Å². The molecule has 0 saturated heterocycles. The van der Waals surface area contributed by atoms with Gasteiger partial charge >= 0.3 is 0 Å². The van der Waals surface area contributed by atoms with E-state index in [0.717, 1.165) is 11.2 Å². The first kappa shape index (κ1) is 19.9. The van der Waals surface area contributed by atoms with Gasteiger partial charge in [0.1, 0.15) is 6.07 Å². The standard InChI is InChI=1S/C22H24N6O2/c1-13(2)26-18-7-19(20-5-4-16-6-14(10-23)11-25-28(16)20)24-12-17(18)21(29)27-15-8-22(3,30)9-15/h4-7,11-13,15,30H,8-9H2,1-3H3,(H,24,26)(H,27,29)/t15-,22+. The first-order valence-electron chi connectivity index (χ1n) is 9.94. The van der Waals surface area contributed by atoms with Crippen LogP contribution in [0.2, 0.25) is 0 Å². The normalized spacial score (nSPS) is 20.6. The second kappa shape index (κ2) is 7.43. The summed E-state index contributed by atoms with van der Waals surface area (Å²) in [5.74, 6) is -0.213. The average Bonchev–Trinajstić information content (AvgIpc) is 3.09. The van der Waals surface area contributed by atoms with Crippen LogP contribution in [-0.2, 0) is 0 Å². The van der Waals surface area contributed by atoms with Crippen molar-refractivity contribution in [2.24, 2.45) is 0 Å². The molecule has 3 heterocycles. The molecule has 154 valence electrons. The van der Waals surface area contributed by atoms with Gasteiger partial charge in [-0.05, 0) is 57.9 Å². The van der Waals surface area contributed by atoms with E-state index in [2.05, 4.69) is 26.8 Å². The molecule has 8 heteroatoms. The molecular formula is C22H24N6O2. The van der Waals surface area contributed by atoms with Crippen molar-refractivity contribution < 1.29 is 9.90 Å². The highest BCUT2D eigenvalue weighted by Gasteiger charge is 2.39. The lowest BCUT2D eigenvalue weighted by Crippen LogP contribution is -2.53. The summed E-state index contributed by atoms with van der Waals surface area (Å²) < 4.78 is 1.72. The number of carbonyl (C=O) groups excluding carboxylic acids is 1. The Labute approximate surface area is 174 Å². The Morgan fingerprint density at radius 3 is 2.77 bits per heavy atom. The second-order valence-corrected chi connectivity index (χ2v) is 8.40. The van der Waals surface area contributed by atoms with Crippen LogP contribution in [0.1, 0.15) is 49.5 Å². The predicted octanol–water partition coefficient (Wildman–Crippen LogP) is 2.73. The Morgan fingerprint density at radius 2 is 2.10 bits per heavy atom. The van der Waals surface area contributed by atoms with Gasteiger partial charge in [-0.1, -0.05) is 0 Å². The Balaban J connectivity index is 1.66. The van der Waals surface area contributed by atoms with E-state index in [4.69, 9.17) is 5.26 Å². The molecule has 3 aromatic rings. The minimum Gasteiger partial charge on any atom is -0.390 e. The number of carbonyl (C=O) groups is 1. The molecule has 1 amide bonds.